The van der Waals surface area contributed by atoms with Crippen LogP contribution in [-0.4, -0.2) is 19.8 Å². The fourth-order valence-corrected chi connectivity index (χ4v) is 1.93. The standard InChI is InChI=1S/C14H21F2NO/c1-3-17-14(6-5-9-18-4-2)12-10-11(15)7-8-13(12)16/h7-8,10,14,17H,3-6,9H2,1-2H3. The van der Waals surface area contributed by atoms with Crippen LogP contribution in [-0.2, 0) is 4.74 Å². The molecule has 0 heterocycles. The molecule has 0 radical (unpaired) electrons. The molecule has 4 heteroatoms. The van der Waals surface area contributed by atoms with Crippen molar-refractivity contribution in [3.05, 3.63) is 35.4 Å². The quantitative estimate of drug-likeness (QED) is 0.720. The summed E-state index contributed by atoms with van der Waals surface area (Å²) in [6, 6.07) is 3.43. The first kappa shape index (κ1) is 15.1. The van der Waals surface area contributed by atoms with Crippen LogP contribution in [0.2, 0.25) is 0 Å². The number of benzene rings is 1. The largest absolute Gasteiger partial charge is 0.382 e. The molecule has 0 fully saturated rings. The highest BCUT2D eigenvalue weighted by Crippen LogP contribution is 2.22. The van der Waals surface area contributed by atoms with Crippen molar-refractivity contribution in [2.24, 2.45) is 0 Å². The van der Waals surface area contributed by atoms with Gasteiger partial charge in [0.1, 0.15) is 11.6 Å². The normalized spacial score (nSPS) is 12.7. The minimum atomic E-state index is -0.404. The zero-order valence-electron chi connectivity index (χ0n) is 11.0. The lowest BCUT2D eigenvalue weighted by atomic mass is 10.0. The van der Waals surface area contributed by atoms with Crippen molar-refractivity contribution in [3.63, 3.8) is 0 Å². The average molecular weight is 257 g/mol. The van der Waals surface area contributed by atoms with Crippen molar-refractivity contribution >= 4 is 0 Å². The Bertz CT molecular complexity index is 358. The fourth-order valence-electron chi connectivity index (χ4n) is 1.93. The summed E-state index contributed by atoms with van der Waals surface area (Å²) in [4.78, 5) is 0. The average Bonchev–Trinajstić information content (AvgIpc) is 2.36. The lowest BCUT2D eigenvalue weighted by Crippen LogP contribution is -2.22. The van der Waals surface area contributed by atoms with E-state index >= 15 is 0 Å². The van der Waals surface area contributed by atoms with Crippen LogP contribution in [0.15, 0.2) is 18.2 Å². The van der Waals surface area contributed by atoms with E-state index in [9.17, 15) is 8.78 Å². The van der Waals surface area contributed by atoms with E-state index in [0.29, 0.717) is 18.8 Å². The van der Waals surface area contributed by atoms with Gasteiger partial charge in [-0.1, -0.05) is 6.92 Å². The van der Waals surface area contributed by atoms with Gasteiger partial charge in [0.2, 0.25) is 0 Å². The molecule has 1 atom stereocenters. The van der Waals surface area contributed by atoms with Crippen LogP contribution in [0, 0.1) is 11.6 Å². The van der Waals surface area contributed by atoms with E-state index < -0.39 is 5.82 Å². The summed E-state index contributed by atoms with van der Waals surface area (Å²) in [6.45, 7) is 5.94. The van der Waals surface area contributed by atoms with Gasteiger partial charge < -0.3 is 10.1 Å². The van der Waals surface area contributed by atoms with E-state index in [-0.39, 0.29) is 11.9 Å². The Morgan fingerprint density at radius 2 is 2.06 bits per heavy atom. The van der Waals surface area contributed by atoms with Gasteiger partial charge in [-0.05, 0) is 44.5 Å². The summed E-state index contributed by atoms with van der Waals surface area (Å²) >= 11 is 0. The van der Waals surface area contributed by atoms with Crippen molar-refractivity contribution in [1.82, 2.24) is 5.32 Å². The summed E-state index contributed by atoms with van der Waals surface area (Å²) in [5, 5.41) is 3.18. The predicted molar refractivity (Wildman–Crippen MR) is 68.5 cm³/mol. The van der Waals surface area contributed by atoms with Gasteiger partial charge in [-0.25, -0.2) is 8.78 Å². The second kappa shape index (κ2) is 8.16. The van der Waals surface area contributed by atoms with Gasteiger partial charge in [0, 0.05) is 24.8 Å². The first-order chi connectivity index (χ1) is 8.69. The Hall–Kier alpha value is -1.00. The fraction of sp³-hybridized carbons (Fsp3) is 0.571. The van der Waals surface area contributed by atoms with Gasteiger partial charge in [0.25, 0.3) is 0 Å². The van der Waals surface area contributed by atoms with Crippen LogP contribution < -0.4 is 5.32 Å². The van der Waals surface area contributed by atoms with E-state index in [0.717, 1.165) is 25.5 Å². The van der Waals surface area contributed by atoms with Gasteiger partial charge >= 0.3 is 0 Å². The summed E-state index contributed by atoms with van der Waals surface area (Å²) in [6.07, 6.45) is 1.55. The molecule has 1 aromatic rings. The van der Waals surface area contributed by atoms with E-state index in [1.165, 1.54) is 12.1 Å². The summed E-state index contributed by atoms with van der Waals surface area (Å²) in [7, 11) is 0. The number of hydrogen-bond donors (Lipinski definition) is 1. The highest BCUT2D eigenvalue weighted by Gasteiger charge is 2.15. The maximum Gasteiger partial charge on any atom is 0.128 e. The summed E-state index contributed by atoms with van der Waals surface area (Å²) in [5.74, 6) is -0.766. The molecular formula is C14H21F2NO. The molecule has 1 N–H and O–H groups in total. The molecule has 0 aliphatic heterocycles. The number of nitrogens with one attached hydrogen (secondary N) is 1. The minimum absolute atomic E-state index is 0.161. The lowest BCUT2D eigenvalue weighted by molar-refractivity contribution is 0.140. The van der Waals surface area contributed by atoms with Gasteiger partial charge in [0.15, 0.2) is 0 Å². The Morgan fingerprint density at radius 3 is 2.72 bits per heavy atom. The monoisotopic (exact) mass is 257 g/mol. The van der Waals surface area contributed by atoms with Crippen molar-refractivity contribution < 1.29 is 13.5 Å². The molecule has 0 saturated carbocycles. The van der Waals surface area contributed by atoms with E-state index in [1.54, 1.807) is 0 Å². The summed E-state index contributed by atoms with van der Waals surface area (Å²) < 4.78 is 32.1. The highest BCUT2D eigenvalue weighted by atomic mass is 19.1. The van der Waals surface area contributed by atoms with E-state index in [4.69, 9.17) is 4.74 Å². The second-order valence-electron chi connectivity index (χ2n) is 4.12. The molecule has 1 aromatic carbocycles. The molecule has 0 bridgehead atoms. The van der Waals surface area contributed by atoms with Crippen molar-refractivity contribution in [3.8, 4) is 0 Å². The Labute approximate surface area is 107 Å². The molecule has 0 aliphatic rings. The van der Waals surface area contributed by atoms with Crippen molar-refractivity contribution in [2.75, 3.05) is 19.8 Å². The van der Waals surface area contributed by atoms with Crippen molar-refractivity contribution in [2.45, 2.75) is 32.7 Å². The first-order valence-electron chi connectivity index (χ1n) is 6.45. The third-order valence-corrected chi connectivity index (χ3v) is 2.77. The number of ether oxygens (including phenoxy) is 1. The van der Waals surface area contributed by atoms with Crippen molar-refractivity contribution in [1.29, 1.82) is 0 Å². The van der Waals surface area contributed by atoms with Crippen LogP contribution in [0.3, 0.4) is 0 Å². The first-order valence-corrected chi connectivity index (χ1v) is 6.45. The van der Waals surface area contributed by atoms with Crippen LogP contribution in [0.1, 0.15) is 38.3 Å². The second-order valence-corrected chi connectivity index (χ2v) is 4.12. The summed E-state index contributed by atoms with van der Waals surface area (Å²) in [5.41, 5.74) is 0.397. The minimum Gasteiger partial charge on any atom is -0.382 e. The van der Waals surface area contributed by atoms with Gasteiger partial charge in [-0.15, -0.1) is 0 Å². The zero-order valence-corrected chi connectivity index (χ0v) is 11.0. The number of hydrogen-bond acceptors (Lipinski definition) is 2. The van der Waals surface area contributed by atoms with Gasteiger partial charge in [-0.3, -0.25) is 0 Å². The molecule has 102 valence electrons. The van der Waals surface area contributed by atoms with Gasteiger partial charge in [0.05, 0.1) is 0 Å². The topological polar surface area (TPSA) is 21.3 Å². The van der Waals surface area contributed by atoms with Crippen LogP contribution in [0.5, 0.6) is 0 Å². The van der Waals surface area contributed by atoms with E-state index in [2.05, 4.69) is 5.32 Å². The molecule has 0 spiro atoms. The molecule has 0 amide bonds. The molecule has 1 rings (SSSR count). The Morgan fingerprint density at radius 1 is 1.28 bits per heavy atom. The number of halogens is 2. The Balaban J connectivity index is 2.67. The highest BCUT2D eigenvalue weighted by molar-refractivity contribution is 5.22. The Kier molecular flexibility index (Phi) is 6.83. The maximum absolute atomic E-state index is 13.7. The third-order valence-electron chi connectivity index (χ3n) is 2.77. The molecular weight excluding hydrogens is 236 g/mol. The predicted octanol–water partition coefficient (Wildman–Crippen LogP) is 3.43. The SMILES string of the molecule is CCNC(CCCOCC)c1cc(F)ccc1F. The third kappa shape index (κ3) is 4.70. The molecule has 0 aromatic heterocycles. The molecule has 1 unspecified atom stereocenters. The zero-order chi connectivity index (χ0) is 13.4. The lowest BCUT2D eigenvalue weighted by Gasteiger charge is -2.19. The molecule has 2 nitrogen and oxygen atoms in total. The maximum atomic E-state index is 13.7. The molecule has 0 aliphatic carbocycles. The van der Waals surface area contributed by atoms with E-state index in [1.807, 2.05) is 13.8 Å². The van der Waals surface area contributed by atoms with Crippen LogP contribution in [0.25, 0.3) is 0 Å². The van der Waals surface area contributed by atoms with Crippen LogP contribution in [0.4, 0.5) is 8.78 Å². The van der Waals surface area contributed by atoms with Crippen LogP contribution >= 0.6 is 0 Å². The van der Waals surface area contributed by atoms with Gasteiger partial charge in [-0.2, -0.15) is 0 Å². The molecule has 18 heavy (non-hydrogen) atoms. The smallest absolute Gasteiger partial charge is 0.128 e. The molecule has 0 saturated heterocycles. The number of rotatable bonds is 8.